The number of carbonyl (C=O) groups excluding carboxylic acids is 1. The number of hydrogen-bond donors (Lipinski definition) is 2. The topological polar surface area (TPSA) is 72.1 Å². The molecule has 0 saturated heterocycles. The summed E-state index contributed by atoms with van der Waals surface area (Å²) in [5, 5.41) is 8.90. The van der Waals surface area contributed by atoms with Crippen LogP contribution in [0.4, 0.5) is 23.7 Å². The lowest BCUT2D eigenvalue weighted by Gasteiger charge is -2.17. The van der Waals surface area contributed by atoms with Gasteiger partial charge in [0.2, 0.25) is 0 Å². The van der Waals surface area contributed by atoms with Crippen LogP contribution < -0.4 is 10.6 Å². The fraction of sp³-hybridized carbons (Fsp3) is 0.176. The third kappa shape index (κ3) is 4.05. The highest BCUT2D eigenvalue weighted by Crippen LogP contribution is 2.34. The number of nitrogens with zero attached hydrogens (tertiary/aromatic N) is 2. The number of halogens is 3. The average molecular weight is 364 g/mol. The molecule has 0 unspecified atom stereocenters. The number of urea groups is 1. The number of carbonyl (C=O) groups is 1. The second kappa shape index (κ2) is 7.34. The number of anilines is 1. The first-order chi connectivity index (χ1) is 12.4. The second-order valence-electron chi connectivity index (χ2n) is 5.40. The van der Waals surface area contributed by atoms with Crippen molar-refractivity contribution in [3.63, 3.8) is 0 Å². The van der Waals surface area contributed by atoms with Gasteiger partial charge in [0.15, 0.2) is 0 Å². The molecule has 0 radical (unpaired) electrons. The van der Waals surface area contributed by atoms with E-state index in [2.05, 4.69) is 15.7 Å². The molecule has 26 heavy (non-hydrogen) atoms. The Morgan fingerprint density at radius 1 is 1.19 bits per heavy atom. The van der Waals surface area contributed by atoms with Gasteiger partial charge in [0.05, 0.1) is 17.5 Å². The number of rotatable bonds is 5. The standard InChI is InChI=1S/C17H15F3N4O2/c18-17(19,20)12-5-1-2-6-13(12)23-16(25)21-11-14(15-7-3-10-26-15)24-9-4-8-22-24/h1-10,14H,11H2,(H2,21,23,25)/t14-/m0/s1. The molecular weight excluding hydrogens is 349 g/mol. The molecule has 2 amide bonds. The first kappa shape index (κ1) is 17.6. The van der Waals surface area contributed by atoms with Gasteiger partial charge in [-0.15, -0.1) is 0 Å². The Hall–Kier alpha value is -3.23. The fourth-order valence-electron chi connectivity index (χ4n) is 2.47. The SMILES string of the molecule is O=C(NC[C@@H](c1ccco1)n1cccn1)Nc1ccccc1C(F)(F)F. The van der Waals surface area contributed by atoms with Crippen LogP contribution in [0.15, 0.2) is 65.5 Å². The Labute approximate surface area is 146 Å². The monoisotopic (exact) mass is 364 g/mol. The summed E-state index contributed by atoms with van der Waals surface area (Å²) in [5.74, 6) is 0.560. The minimum absolute atomic E-state index is 0.0786. The van der Waals surface area contributed by atoms with Gasteiger partial charge in [0.25, 0.3) is 0 Å². The zero-order chi connectivity index (χ0) is 18.6. The van der Waals surface area contributed by atoms with Gasteiger partial charge < -0.3 is 15.1 Å². The van der Waals surface area contributed by atoms with Crippen LogP contribution in [0, 0.1) is 0 Å². The zero-order valence-electron chi connectivity index (χ0n) is 13.4. The van der Waals surface area contributed by atoms with Crippen LogP contribution in [-0.2, 0) is 6.18 Å². The maximum absolute atomic E-state index is 13.0. The maximum atomic E-state index is 13.0. The Morgan fingerprint density at radius 2 is 2.00 bits per heavy atom. The molecule has 1 aromatic carbocycles. The maximum Gasteiger partial charge on any atom is 0.418 e. The summed E-state index contributed by atoms with van der Waals surface area (Å²) < 4.78 is 45.9. The lowest BCUT2D eigenvalue weighted by atomic mass is 10.1. The van der Waals surface area contributed by atoms with E-state index >= 15 is 0 Å². The molecule has 3 aromatic rings. The lowest BCUT2D eigenvalue weighted by Crippen LogP contribution is -2.35. The van der Waals surface area contributed by atoms with E-state index in [1.165, 1.54) is 24.5 Å². The summed E-state index contributed by atoms with van der Waals surface area (Å²) in [4.78, 5) is 12.1. The number of alkyl halides is 3. The molecule has 1 atom stereocenters. The van der Waals surface area contributed by atoms with Crippen molar-refractivity contribution in [2.75, 3.05) is 11.9 Å². The van der Waals surface area contributed by atoms with Crippen molar-refractivity contribution >= 4 is 11.7 Å². The highest BCUT2D eigenvalue weighted by molar-refractivity contribution is 5.90. The van der Waals surface area contributed by atoms with Crippen molar-refractivity contribution in [3.8, 4) is 0 Å². The van der Waals surface area contributed by atoms with E-state index in [1.54, 1.807) is 35.3 Å². The van der Waals surface area contributed by atoms with Crippen molar-refractivity contribution in [3.05, 3.63) is 72.4 Å². The first-order valence-corrected chi connectivity index (χ1v) is 7.69. The van der Waals surface area contributed by atoms with Crippen molar-refractivity contribution in [2.45, 2.75) is 12.2 Å². The van der Waals surface area contributed by atoms with Gasteiger partial charge in [0, 0.05) is 18.9 Å². The van der Waals surface area contributed by atoms with Crippen LogP contribution >= 0.6 is 0 Å². The quantitative estimate of drug-likeness (QED) is 0.721. The predicted molar refractivity (Wildman–Crippen MR) is 87.5 cm³/mol. The zero-order valence-corrected chi connectivity index (χ0v) is 13.4. The summed E-state index contributed by atoms with van der Waals surface area (Å²) in [6, 6.07) is 8.74. The van der Waals surface area contributed by atoms with Crippen molar-refractivity contribution in [1.29, 1.82) is 0 Å². The molecule has 2 aromatic heterocycles. The highest BCUT2D eigenvalue weighted by atomic mass is 19.4. The first-order valence-electron chi connectivity index (χ1n) is 7.69. The molecule has 0 bridgehead atoms. The van der Waals surface area contributed by atoms with Gasteiger partial charge in [0.1, 0.15) is 11.8 Å². The van der Waals surface area contributed by atoms with Gasteiger partial charge in [-0.05, 0) is 30.3 Å². The summed E-state index contributed by atoms with van der Waals surface area (Å²) in [5.41, 5.74) is -1.23. The third-order valence-corrected chi connectivity index (χ3v) is 3.65. The molecule has 3 rings (SSSR count). The molecule has 6 nitrogen and oxygen atoms in total. The number of furan rings is 1. The Morgan fingerprint density at radius 3 is 2.65 bits per heavy atom. The molecule has 2 heterocycles. The van der Waals surface area contributed by atoms with Crippen LogP contribution in [0.25, 0.3) is 0 Å². The number of aromatic nitrogens is 2. The minimum atomic E-state index is -4.56. The van der Waals surface area contributed by atoms with Gasteiger partial charge in [-0.2, -0.15) is 18.3 Å². The predicted octanol–water partition coefficient (Wildman–Crippen LogP) is 3.91. The molecule has 136 valence electrons. The van der Waals surface area contributed by atoms with E-state index < -0.39 is 23.8 Å². The summed E-state index contributed by atoms with van der Waals surface area (Å²) >= 11 is 0. The van der Waals surface area contributed by atoms with Gasteiger partial charge >= 0.3 is 12.2 Å². The average Bonchev–Trinajstić information content (AvgIpc) is 3.28. The van der Waals surface area contributed by atoms with E-state index in [1.807, 2.05) is 0 Å². The fourth-order valence-corrected chi connectivity index (χ4v) is 2.47. The Balaban J connectivity index is 1.69. The molecule has 9 heteroatoms. The number of hydrogen-bond acceptors (Lipinski definition) is 3. The smallest absolute Gasteiger partial charge is 0.418 e. The molecule has 0 aliphatic carbocycles. The van der Waals surface area contributed by atoms with E-state index in [0.717, 1.165) is 6.07 Å². The van der Waals surface area contributed by atoms with E-state index in [4.69, 9.17) is 4.42 Å². The Kier molecular flexibility index (Phi) is 4.97. The number of nitrogens with one attached hydrogen (secondary N) is 2. The number of amides is 2. The highest BCUT2D eigenvalue weighted by Gasteiger charge is 2.33. The summed E-state index contributed by atoms with van der Waals surface area (Å²) in [6.07, 6.45) is 0.211. The largest absolute Gasteiger partial charge is 0.467 e. The van der Waals surface area contributed by atoms with Crippen molar-refractivity contribution < 1.29 is 22.4 Å². The van der Waals surface area contributed by atoms with Crippen LogP contribution in [0.2, 0.25) is 0 Å². The van der Waals surface area contributed by atoms with E-state index in [-0.39, 0.29) is 12.2 Å². The van der Waals surface area contributed by atoms with Gasteiger partial charge in [-0.3, -0.25) is 4.68 Å². The summed E-state index contributed by atoms with van der Waals surface area (Å²) in [6.45, 7) is 0.0786. The third-order valence-electron chi connectivity index (χ3n) is 3.65. The van der Waals surface area contributed by atoms with Crippen LogP contribution in [0.3, 0.4) is 0 Å². The van der Waals surface area contributed by atoms with Crippen LogP contribution in [0.5, 0.6) is 0 Å². The number of benzene rings is 1. The molecule has 0 aliphatic heterocycles. The minimum Gasteiger partial charge on any atom is -0.467 e. The molecule has 2 N–H and O–H groups in total. The molecule has 0 aliphatic rings. The Bertz CT molecular complexity index is 811. The summed E-state index contributed by atoms with van der Waals surface area (Å²) in [7, 11) is 0. The molecular formula is C17H15F3N4O2. The van der Waals surface area contributed by atoms with E-state index in [9.17, 15) is 18.0 Å². The van der Waals surface area contributed by atoms with Crippen molar-refractivity contribution in [2.24, 2.45) is 0 Å². The normalized spacial score (nSPS) is 12.6. The van der Waals surface area contributed by atoms with Gasteiger partial charge in [-0.25, -0.2) is 4.79 Å². The number of para-hydroxylation sites is 1. The molecule has 0 saturated carbocycles. The second-order valence-corrected chi connectivity index (χ2v) is 5.40. The lowest BCUT2D eigenvalue weighted by molar-refractivity contribution is -0.136. The molecule has 0 spiro atoms. The van der Waals surface area contributed by atoms with Crippen LogP contribution in [-0.4, -0.2) is 22.4 Å². The van der Waals surface area contributed by atoms with Crippen molar-refractivity contribution in [1.82, 2.24) is 15.1 Å². The van der Waals surface area contributed by atoms with E-state index in [0.29, 0.717) is 5.76 Å². The van der Waals surface area contributed by atoms with Gasteiger partial charge in [-0.1, -0.05) is 12.1 Å². The molecule has 0 fully saturated rings. The van der Waals surface area contributed by atoms with Crippen LogP contribution in [0.1, 0.15) is 17.4 Å².